The molecule has 0 saturated carbocycles. The fourth-order valence-electron chi connectivity index (χ4n) is 1.85. The number of rotatable bonds is 5. The highest BCUT2D eigenvalue weighted by Crippen LogP contribution is 2.17. The molecule has 1 aliphatic heterocycles. The van der Waals surface area contributed by atoms with Gasteiger partial charge in [-0.15, -0.1) is 0 Å². The number of carbonyl (C=O) groups excluding carboxylic acids is 1. The van der Waals surface area contributed by atoms with Gasteiger partial charge >= 0.3 is 5.97 Å². The van der Waals surface area contributed by atoms with Crippen molar-refractivity contribution >= 4 is 11.9 Å². The van der Waals surface area contributed by atoms with Crippen LogP contribution >= 0.6 is 0 Å². The molecule has 0 atom stereocenters. The minimum absolute atomic E-state index is 0.0329. The summed E-state index contributed by atoms with van der Waals surface area (Å²) in [7, 11) is 0. The first-order valence-corrected chi connectivity index (χ1v) is 6.09. The van der Waals surface area contributed by atoms with Crippen LogP contribution in [-0.2, 0) is 14.3 Å². The highest BCUT2D eigenvalue weighted by molar-refractivity contribution is 5.78. The molecule has 0 aromatic rings. The van der Waals surface area contributed by atoms with Gasteiger partial charge in [0.1, 0.15) is 6.61 Å². The van der Waals surface area contributed by atoms with E-state index in [1.54, 1.807) is 4.90 Å². The van der Waals surface area contributed by atoms with Crippen molar-refractivity contribution in [3.05, 3.63) is 0 Å². The number of amides is 1. The third kappa shape index (κ3) is 4.73. The van der Waals surface area contributed by atoms with E-state index >= 15 is 0 Å². The molecule has 0 aliphatic carbocycles. The third-order valence-electron chi connectivity index (χ3n) is 2.87. The molecule has 0 spiro atoms. The number of aliphatic carboxylic acids is 1. The fraction of sp³-hybridized carbons (Fsp3) is 0.833. The van der Waals surface area contributed by atoms with Crippen molar-refractivity contribution < 1.29 is 19.4 Å². The molecular weight excluding hydrogens is 222 g/mol. The molecule has 1 rings (SSSR count). The number of carbonyl (C=O) groups is 2. The molecule has 1 amide bonds. The van der Waals surface area contributed by atoms with Gasteiger partial charge in [-0.1, -0.05) is 13.8 Å². The Kier molecular flexibility index (Phi) is 5.41. The topological polar surface area (TPSA) is 66.8 Å². The molecule has 98 valence electrons. The first-order valence-electron chi connectivity index (χ1n) is 6.09. The fourth-order valence-corrected chi connectivity index (χ4v) is 1.85. The molecule has 1 saturated heterocycles. The summed E-state index contributed by atoms with van der Waals surface area (Å²) in [6.07, 6.45) is 1.09. The Hall–Kier alpha value is -1.10. The summed E-state index contributed by atoms with van der Waals surface area (Å²) < 4.78 is 5.28. The van der Waals surface area contributed by atoms with Gasteiger partial charge in [-0.25, -0.2) is 0 Å². The van der Waals surface area contributed by atoms with Gasteiger partial charge < -0.3 is 14.7 Å². The van der Waals surface area contributed by atoms with Gasteiger partial charge in [0, 0.05) is 19.7 Å². The van der Waals surface area contributed by atoms with Crippen molar-refractivity contribution in [2.24, 2.45) is 11.8 Å². The van der Waals surface area contributed by atoms with E-state index in [0.29, 0.717) is 38.5 Å². The Balaban J connectivity index is 2.24. The zero-order valence-corrected chi connectivity index (χ0v) is 10.5. The molecule has 0 radical (unpaired) electrons. The molecule has 1 N–H and O–H groups in total. The van der Waals surface area contributed by atoms with E-state index in [4.69, 9.17) is 9.84 Å². The summed E-state index contributed by atoms with van der Waals surface area (Å²) in [5, 5.41) is 8.84. The van der Waals surface area contributed by atoms with E-state index in [1.165, 1.54) is 0 Å². The van der Waals surface area contributed by atoms with Gasteiger partial charge in [-0.2, -0.15) is 0 Å². The number of hydrogen-bond donors (Lipinski definition) is 1. The maximum Gasteiger partial charge on any atom is 0.306 e. The zero-order valence-electron chi connectivity index (χ0n) is 10.5. The van der Waals surface area contributed by atoms with E-state index in [2.05, 4.69) is 0 Å². The molecule has 0 aromatic heterocycles. The molecule has 17 heavy (non-hydrogen) atoms. The lowest BCUT2D eigenvalue weighted by molar-refractivity contribution is -0.147. The van der Waals surface area contributed by atoms with Crippen molar-refractivity contribution in [2.45, 2.75) is 26.7 Å². The Morgan fingerprint density at radius 2 is 1.94 bits per heavy atom. The van der Waals surface area contributed by atoms with Crippen molar-refractivity contribution in [1.29, 1.82) is 0 Å². The van der Waals surface area contributed by atoms with Crippen molar-refractivity contribution in [3.8, 4) is 0 Å². The number of hydrogen-bond acceptors (Lipinski definition) is 3. The Morgan fingerprint density at radius 3 is 2.41 bits per heavy atom. The Bertz CT molecular complexity index is 270. The summed E-state index contributed by atoms with van der Waals surface area (Å²) in [6, 6.07) is 0. The second kappa shape index (κ2) is 6.59. The maximum atomic E-state index is 11.7. The van der Waals surface area contributed by atoms with Crippen LogP contribution in [0.5, 0.6) is 0 Å². The predicted molar refractivity (Wildman–Crippen MR) is 62.6 cm³/mol. The SMILES string of the molecule is CC(C)COCC(=O)N1CCC(C(=O)O)CC1. The molecule has 0 unspecified atom stereocenters. The first kappa shape index (κ1) is 14.0. The van der Waals surface area contributed by atoms with Crippen molar-refractivity contribution in [3.63, 3.8) is 0 Å². The highest BCUT2D eigenvalue weighted by Gasteiger charge is 2.26. The summed E-state index contributed by atoms with van der Waals surface area (Å²) in [5.74, 6) is -0.668. The molecule has 1 aliphatic rings. The van der Waals surface area contributed by atoms with E-state index in [0.717, 1.165) is 0 Å². The number of ether oxygens (including phenoxy) is 1. The number of carboxylic acids is 1. The quantitative estimate of drug-likeness (QED) is 0.781. The van der Waals surface area contributed by atoms with E-state index in [9.17, 15) is 9.59 Å². The van der Waals surface area contributed by atoms with Gasteiger partial charge in [0.15, 0.2) is 0 Å². The van der Waals surface area contributed by atoms with Crippen LogP contribution in [0, 0.1) is 11.8 Å². The van der Waals surface area contributed by atoms with Crippen LogP contribution < -0.4 is 0 Å². The van der Waals surface area contributed by atoms with E-state index in [1.807, 2.05) is 13.8 Å². The average Bonchev–Trinajstić information content (AvgIpc) is 2.28. The van der Waals surface area contributed by atoms with Crippen LogP contribution in [-0.4, -0.2) is 48.2 Å². The largest absolute Gasteiger partial charge is 0.481 e. The van der Waals surface area contributed by atoms with Gasteiger partial charge in [0.2, 0.25) is 5.91 Å². The Morgan fingerprint density at radius 1 is 1.35 bits per heavy atom. The van der Waals surface area contributed by atoms with Gasteiger partial charge in [-0.05, 0) is 18.8 Å². The minimum Gasteiger partial charge on any atom is -0.481 e. The summed E-state index contributed by atoms with van der Waals surface area (Å²) in [6.45, 7) is 5.81. The lowest BCUT2D eigenvalue weighted by Gasteiger charge is -2.30. The first-order chi connectivity index (χ1) is 8.00. The van der Waals surface area contributed by atoms with Crippen LogP contribution in [0.25, 0.3) is 0 Å². The maximum absolute atomic E-state index is 11.7. The summed E-state index contributed by atoms with van der Waals surface area (Å²) in [4.78, 5) is 24.2. The predicted octanol–water partition coefficient (Wildman–Crippen LogP) is 0.982. The van der Waals surface area contributed by atoms with Crippen LogP contribution in [0.1, 0.15) is 26.7 Å². The standard InChI is InChI=1S/C12H21NO4/c1-9(2)7-17-8-11(14)13-5-3-10(4-6-13)12(15)16/h9-10H,3-8H2,1-2H3,(H,15,16). The van der Waals surface area contributed by atoms with Crippen LogP contribution in [0.3, 0.4) is 0 Å². The number of piperidine rings is 1. The minimum atomic E-state index is -0.756. The third-order valence-corrected chi connectivity index (χ3v) is 2.87. The Labute approximate surface area is 102 Å². The summed E-state index contributed by atoms with van der Waals surface area (Å²) in [5.41, 5.74) is 0. The van der Waals surface area contributed by atoms with Crippen molar-refractivity contribution in [1.82, 2.24) is 4.90 Å². The highest BCUT2D eigenvalue weighted by atomic mass is 16.5. The molecule has 1 fully saturated rings. The van der Waals surface area contributed by atoms with E-state index < -0.39 is 5.97 Å². The molecule has 0 bridgehead atoms. The number of likely N-dealkylation sites (tertiary alicyclic amines) is 1. The summed E-state index contributed by atoms with van der Waals surface area (Å²) >= 11 is 0. The number of nitrogens with zero attached hydrogens (tertiary/aromatic N) is 1. The molecular formula is C12H21NO4. The second-order valence-corrected chi connectivity index (χ2v) is 4.90. The van der Waals surface area contributed by atoms with Crippen molar-refractivity contribution in [2.75, 3.05) is 26.3 Å². The van der Waals surface area contributed by atoms with Gasteiger partial charge in [0.05, 0.1) is 5.92 Å². The zero-order chi connectivity index (χ0) is 12.8. The number of carboxylic acid groups (broad SMARTS) is 1. The molecule has 5 heteroatoms. The van der Waals surface area contributed by atoms with Crippen LogP contribution in [0.15, 0.2) is 0 Å². The van der Waals surface area contributed by atoms with Crippen LogP contribution in [0.4, 0.5) is 0 Å². The lowest BCUT2D eigenvalue weighted by Crippen LogP contribution is -2.42. The smallest absolute Gasteiger partial charge is 0.306 e. The van der Waals surface area contributed by atoms with Gasteiger partial charge in [-0.3, -0.25) is 9.59 Å². The van der Waals surface area contributed by atoms with Gasteiger partial charge in [0.25, 0.3) is 0 Å². The normalized spacial score (nSPS) is 17.5. The lowest BCUT2D eigenvalue weighted by atomic mass is 9.97. The molecule has 0 aromatic carbocycles. The van der Waals surface area contributed by atoms with Crippen LogP contribution in [0.2, 0.25) is 0 Å². The van der Waals surface area contributed by atoms with E-state index in [-0.39, 0.29) is 18.4 Å². The average molecular weight is 243 g/mol. The second-order valence-electron chi connectivity index (χ2n) is 4.90. The monoisotopic (exact) mass is 243 g/mol. The molecule has 1 heterocycles. The molecule has 5 nitrogen and oxygen atoms in total.